The maximum atomic E-state index is 14.0. The van der Waals surface area contributed by atoms with Gasteiger partial charge in [0.15, 0.2) is 11.5 Å². The molecule has 0 aliphatic carbocycles. The molecule has 0 saturated heterocycles. The molecule has 2 rings (SSSR count). The van der Waals surface area contributed by atoms with Gasteiger partial charge in [0.25, 0.3) is 19.7 Å². The van der Waals surface area contributed by atoms with E-state index in [1.54, 1.807) is 6.07 Å². The molecule has 0 aliphatic heterocycles. The Morgan fingerprint density at radius 2 is 1.12 bits per heavy atom. The van der Waals surface area contributed by atoms with E-state index >= 15 is 0 Å². The number of nitrogens with zero attached hydrogens (tertiary/aromatic N) is 2. The van der Waals surface area contributed by atoms with Crippen LogP contribution >= 0.6 is 0 Å². The summed E-state index contributed by atoms with van der Waals surface area (Å²) in [6.07, 6.45) is 11.3. The molecule has 240 valence electrons. The third-order valence-electron chi connectivity index (χ3n) is 7.00. The lowest BCUT2D eigenvalue weighted by molar-refractivity contribution is 0.00378. The Kier molecular flexibility index (Phi) is 15.8. The van der Waals surface area contributed by atoms with Gasteiger partial charge in [0.2, 0.25) is 5.75 Å². The molecule has 0 amide bonds. The summed E-state index contributed by atoms with van der Waals surface area (Å²) in [5.41, 5.74) is 10.2. The molecular formula is C32H48N2O7S2. The Balaban J connectivity index is 2.63. The highest BCUT2D eigenvalue weighted by atomic mass is 32.3. The molecule has 0 heterocycles. The molecule has 0 spiro atoms. The monoisotopic (exact) mass is 636 g/mol. The van der Waals surface area contributed by atoms with Gasteiger partial charge in [-0.05, 0) is 49.9 Å². The van der Waals surface area contributed by atoms with Gasteiger partial charge in [-0.3, -0.25) is 0 Å². The van der Waals surface area contributed by atoms with Gasteiger partial charge in [0.05, 0.1) is 24.7 Å². The summed E-state index contributed by atoms with van der Waals surface area (Å²) in [4.78, 5) is 2.09. The summed E-state index contributed by atoms with van der Waals surface area (Å²) < 4.78 is 72.0. The Labute approximate surface area is 258 Å². The van der Waals surface area contributed by atoms with E-state index < -0.39 is 28.9 Å². The molecule has 0 aliphatic rings. The van der Waals surface area contributed by atoms with E-state index in [0.717, 1.165) is 70.6 Å². The van der Waals surface area contributed by atoms with Crippen LogP contribution in [0.25, 0.3) is 5.53 Å². The SMILES string of the molecule is CCCCCCOc1ccc(S(=O)(=O)C(=[N+]=[N-])S(=O)(=O)c2ccccc2C)c(OCCCCCC)c1OCCCCCC. The van der Waals surface area contributed by atoms with Crippen LogP contribution in [0.4, 0.5) is 0 Å². The fraction of sp³-hybridized carbons (Fsp3) is 0.594. The molecule has 2 aromatic carbocycles. The van der Waals surface area contributed by atoms with Crippen LogP contribution in [0.1, 0.15) is 103 Å². The van der Waals surface area contributed by atoms with Crippen LogP contribution in [-0.4, -0.2) is 45.8 Å². The van der Waals surface area contributed by atoms with Crippen molar-refractivity contribution in [3.63, 3.8) is 0 Å². The predicted molar refractivity (Wildman–Crippen MR) is 170 cm³/mol. The van der Waals surface area contributed by atoms with Gasteiger partial charge in [-0.15, -0.1) is 4.79 Å². The largest absolute Gasteiger partial charge is 0.504 e. The number of benzene rings is 2. The third-order valence-corrected chi connectivity index (χ3v) is 11.3. The van der Waals surface area contributed by atoms with Crippen molar-refractivity contribution in [2.75, 3.05) is 19.8 Å². The van der Waals surface area contributed by atoms with Crippen LogP contribution in [-0.2, 0) is 19.7 Å². The average molecular weight is 637 g/mol. The molecule has 43 heavy (non-hydrogen) atoms. The molecule has 0 aromatic heterocycles. The molecule has 2 aromatic rings. The highest BCUT2D eigenvalue weighted by Gasteiger charge is 2.46. The van der Waals surface area contributed by atoms with Crippen LogP contribution in [0.15, 0.2) is 46.2 Å². The number of sulfone groups is 2. The Morgan fingerprint density at radius 1 is 0.628 bits per heavy atom. The van der Waals surface area contributed by atoms with Crippen molar-refractivity contribution >= 4 is 24.1 Å². The van der Waals surface area contributed by atoms with Crippen LogP contribution in [0.3, 0.4) is 0 Å². The number of ether oxygens (including phenoxy) is 3. The minimum atomic E-state index is -4.91. The molecule has 0 unspecified atom stereocenters. The summed E-state index contributed by atoms with van der Waals surface area (Å²) >= 11 is 0. The fourth-order valence-electron chi connectivity index (χ4n) is 4.54. The highest BCUT2D eigenvalue weighted by molar-refractivity contribution is 8.31. The average Bonchev–Trinajstić information content (AvgIpc) is 2.97. The molecule has 0 fully saturated rings. The van der Waals surface area contributed by atoms with Crippen molar-refractivity contribution in [2.24, 2.45) is 0 Å². The first kappa shape index (κ1) is 36.3. The fourth-order valence-corrected chi connectivity index (χ4v) is 8.22. The summed E-state index contributed by atoms with van der Waals surface area (Å²) in [6, 6.07) is 8.61. The van der Waals surface area contributed by atoms with Crippen LogP contribution < -0.4 is 14.2 Å². The second-order valence-corrected chi connectivity index (χ2v) is 14.5. The van der Waals surface area contributed by atoms with E-state index in [9.17, 15) is 22.4 Å². The number of hydrogen-bond donors (Lipinski definition) is 0. The number of unbranched alkanes of at least 4 members (excludes halogenated alkanes) is 9. The summed E-state index contributed by atoms with van der Waals surface area (Å²) in [5.74, 6) is 0.284. The second-order valence-electron chi connectivity index (χ2n) is 10.6. The van der Waals surface area contributed by atoms with Gasteiger partial charge in [-0.25, -0.2) is 16.8 Å². The van der Waals surface area contributed by atoms with Gasteiger partial charge in [-0.1, -0.05) is 96.8 Å². The second kappa shape index (κ2) is 18.7. The van der Waals surface area contributed by atoms with Crippen molar-refractivity contribution in [3.05, 3.63) is 47.5 Å². The van der Waals surface area contributed by atoms with E-state index in [1.807, 2.05) is 0 Å². The van der Waals surface area contributed by atoms with E-state index in [2.05, 4.69) is 25.6 Å². The molecule has 0 N–H and O–H groups in total. The number of hydrogen-bond acceptors (Lipinski definition) is 7. The van der Waals surface area contributed by atoms with Crippen LogP contribution in [0.2, 0.25) is 0 Å². The first-order chi connectivity index (χ1) is 20.7. The molecule has 0 radical (unpaired) electrons. The van der Waals surface area contributed by atoms with Gasteiger partial charge in [0.1, 0.15) is 4.90 Å². The van der Waals surface area contributed by atoms with Gasteiger partial charge in [-0.2, -0.15) is 0 Å². The van der Waals surface area contributed by atoms with Crippen LogP contribution in [0.5, 0.6) is 17.2 Å². The molecule has 0 saturated carbocycles. The zero-order valence-corrected chi connectivity index (χ0v) is 27.8. The van der Waals surface area contributed by atoms with Crippen molar-refractivity contribution in [1.29, 1.82) is 0 Å². The quantitative estimate of drug-likeness (QED) is 0.0478. The standard InChI is InChI=1S/C32H48N2O7S2/c1-5-8-11-16-23-39-27-21-22-29(31(41-25-18-13-10-7-3)30(27)40-24-17-12-9-6-2)43(37,38)32(34-33)42(35,36)28-20-15-14-19-26(28)4/h14-15,19-22H,5-13,16-18,23-25H2,1-4H3. The lowest BCUT2D eigenvalue weighted by atomic mass is 10.2. The van der Waals surface area contributed by atoms with E-state index in [0.29, 0.717) is 30.9 Å². The number of aryl methyl sites for hydroxylation is 1. The smallest absolute Gasteiger partial charge is 0.490 e. The van der Waals surface area contributed by atoms with E-state index in [4.69, 9.17) is 14.2 Å². The normalized spacial score (nSPS) is 11.6. The van der Waals surface area contributed by atoms with Crippen LogP contribution in [0, 0.1) is 6.92 Å². The number of rotatable bonds is 20. The summed E-state index contributed by atoms with van der Waals surface area (Å²) in [6.45, 7) is 8.74. The highest BCUT2D eigenvalue weighted by Crippen LogP contribution is 2.44. The zero-order chi connectivity index (χ0) is 31.7. The van der Waals surface area contributed by atoms with Gasteiger partial charge < -0.3 is 19.7 Å². The molecular weight excluding hydrogens is 588 g/mol. The predicted octanol–water partition coefficient (Wildman–Crippen LogP) is 7.71. The van der Waals surface area contributed by atoms with Gasteiger partial charge in [0, 0.05) is 0 Å². The first-order valence-electron chi connectivity index (χ1n) is 15.5. The molecule has 0 bridgehead atoms. The maximum Gasteiger partial charge on any atom is 0.504 e. The van der Waals surface area contributed by atoms with Crippen molar-refractivity contribution in [1.82, 2.24) is 0 Å². The van der Waals surface area contributed by atoms with Crippen molar-refractivity contribution < 1.29 is 35.8 Å². The Hall–Kier alpha value is -2.88. The molecule has 0 atom stereocenters. The Morgan fingerprint density at radius 3 is 1.63 bits per heavy atom. The van der Waals surface area contributed by atoms with E-state index in [-0.39, 0.29) is 23.0 Å². The zero-order valence-electron chi connectivity index (χ0n) is 26.1. The maximum absolute atomic E-state index is 14.0. The third kappa shape index (κ3) is 10.4. The van der Waals surface area contributed by atoms with Gasteiger partial charge >= 0.3 is 4.38 Å². The van der Waals surface area contributed by atoms with E-state index in [1.165, 1.54) is 37.3 Å². The summed E-state index contributed by atoms with van der Waals surface area (Å²) in [5, 5.41) is 0. The van der Waals surface area contributed by atoms with Crippen molar-refractivity contribution in [3.8, 4) is 17.2 Å². The topological polar surface area (TPSA) is 132 Å². The first-order valence-corrected chi connectivity index (χ1v) is 18.5. The minimum Gasteiger partial charge on any atom is -0.490 e. The Bertz CT molecular complexity index is 1420. The van der Waals surface area contributed by atoms with Crippen molar-refractivity contribution in [2.45, 2.75) is 115 Å². The summed E-state index contributed by atoms with van der Waals surface area (Å²) in [7, 11) is -9.64. The molecule has 11 heteroatoms. The lowest BCUT2D eigenvalue weighted by Crippen LogP contribution is -2.27. The lowest BCUT2D eigenvalue weighted by Gasteiger charge is -2.19. The molecule has 9 nitrogen and oxygen atoms in total. The minimum absolute atomic E-state index is 0.106.